The first kappa shape index (κ1) is 32.8. The molecule has 2 aliphatic rings. The molecule has 0 saturated heterocycles. The normalized spacial score (nSPS) is 17.3. The molecule has 5 rings (SSSR count). The number of hydrogen-bond acceptors (Lipinski definition) is 10. The van der Waals surface area contributed by atoms with Crippen molar-refractivity contribution < 1.29 is 39.3 Å². The van der Waals surface area contributed by atoms with Gasteiger partial charge in [0, 0.05) is 29.5 Å². The number of fused-ring (bicyclic) bond motifs is 5. The number of rotatable bonds is 12. The number of amides is 2. The van der Waals surface area contributed by atoms with Crippen LogP contribution in [-0.4, -0.2) is 55.6 Å². The third kappa shape index (κ3) is 6.52. The van der Waals surface area contributed by atoms with Crippen molar-refractivity contribution in [3.63, 3.8) is 0 Å². The van der Waals surface area contributed by atoms with Crippen LogP contribution in [0.3, 0.4) is 0 Å². The van der Waals surface area contributed by atoms with E-state index >= 15 is 0 Å². The first-order valence-electron chi connectivity index (χ1n) is 15.4. The van der Waals surface area contributed by atoms with E-state index in [4.69, 9.17) is 19.7 Å². The van der Waals surface area contributed by atoms with Crippen molar-refractivity contribution in [3.8, 4) is 17.1 Å². The number of hydrogen-bond donors (Lipinski definition) is 5. The summed E-state index contributed by atoms with van der Waals surface area (Å²) < 4.78 is 12.3. The van der Waals surface area contributed by atoms with Gasteiger partial charge in [0.1, 0.15) is 12.4 Å². The highest BCUT2D eigenvalue weighted by Gasteiger charge is 2.45. The highest BCUT2D eigenvalue weighted by atomic mass is 16.6. The highest BCUT2D eigenvalue weighted by Crippen LogP contribution is 2.41. The van der Waals surface area contributed by atoms with Gasteiger partial charge in [0.05, 0.1) is 35.1 Å². The summed E-state index contributed by atoms with van der Waals surface area (Å²) in [5, 5.41) is 33.0. The lowest BCUT2D eigenvalue weighted by molar-refractivity contribution is -0.172. The molecule has 0 aliphatic carbocycles. The van der Waals surface area contributed by atoms with Crippen LogP contribution in [0.5, 0.6) is 5.75 Å². The van der Waals surface area contributed by atoms with Crippen LogP contribution in [0, 0.1) is 0 Å². The average Bonchev–Trinajstić information content (AvgIpc) is 3.40. The Kier molecular flexibility index (Phi) is 9.85. The first-order chi connectivity index (χ1) is 22.1. The number of carbonyl (C=O) groups is 3. The fraction of sp³-hybridized carbons (Fsp3) is 0.424. The van der Waals surface area contributed by atoms with Crippen molar-refractivity contribution in [3.05, 3.63) is 62.9 Å². The van der Waals surface area contributed by atoms with Gasteiger partial charge in [-0.25, -0.2) is 20.1 Å². The van der Waals surface area contributed by atoms with E-state index in [0.29, 0.717) is 53.8 Å². The quantitative estimate of drug-likeness (QED) is 0.0668. The van der Waals surface area contributed by atoms with Crippen LogP contribution in [0.1, 0.15) is 81.0 Å². The molecule has 46 heavy (non-hydrogen) atoms. The second kappa shape index (κ2) is 13.8. The second-order valence-corrected chi connectivity index (χ2v) is 11.6. The second-order valence-electron chi connectivity index (χ2n) is 11.6. The van der Waals surface area contributed by atoms with Crippen molar-refractivity contribution in [1.82, 2.24) is 20.3 Å². The van der Waals surface area contributed by atoms with E-state index in [0.717, 1.165) is 24.0 Å². The number of esters is 1. The van der Waals surface area contributed by atoms with Gasteiger partial charge in [-0.2, -0.15) is 0 Å². The predicted molar refractivity (Wildman–Crippen MR) is 167 cm³/mol. The van der Waals surface area contributed by atoms with E-state index in [-0.39, 0.29) is 42.7 Å². The van der Waals surface area contributed by atoms with E-state index in [1.165, 1.54) is 0 Å². The Morgan fingerprint density at radius 2 is 1.96 bits per heavy atom. The Hall–Kier alpha value is -4.59. The number of benzene rings is 1. The maximum Gasteiger partial charge on any atom is 0.412 e. The van der Waals surface area contributed by atoms with E-state index in [2.05, 4.69) is 5.32 Å². The van der Waals surface area contributed by atoms with Crippen molar-refractivity contribution >= 4 is 34.9 Å². The molecule has 0 saturated carbocycles. The molecule has 2 aliphatic heterocycles. The Bertz CT molecular complexity index is 1760. The molecule has 0 spiro atoms. The third-order valence-corrected chi connectivity index (χ3v) is 8.40. The van der Waals surface area contributed by atoms with Crippen molar-refractivity contribution in [2.75, 3.05) is 6.54 Å². The summed E-state index contributed by atoms with van der Waals surface area (Å²) in [7, 11) is 0. The van der Waals surface area contributed by atoms with Crippen LogP contribution in [0.4, 0.5) is 4.79 Å². The number of aliphatic hydroxyl groups excluding tert-OH is 1. The number of carbonyl (C=O) groups excluding carboxylic acids is 3. The van der Waals surface area contributed by atoms with E-state index in [9.17, 15) is 29.4 Å². The minimum Gasteiger partial charge on any atom is -0.458 e. The first-order valence-corrected chi connectivity index (χ1v) is 15.4. The summed E-state index contributed by atoms with van der Waals surface area (Å²) in [6.45, 7) is 3.67. The van der Waals surface area contributed by atoms with E-state index in [1.54, 1.807) is 48.2 Å². The molecule has 0 fully saturated rings. The molecule has 1 unspecified atom stereocenters. The zero-order valence-electron chi connectivity index (χ0n) is 25.8. The molecule has 0 bridgehead atoms. The van der Waals surface area contributed by atoms with E-state index in [1.807, 2.05) is 12.2 Å². The van der Waals surface area contributed by atoms with Crippen molar-refractivity contribution in [1.29, 1.82) is 0 Å². The molecule has 2 atom stereocenters. The maximum absolute atomic E-state index is 13.7. The predicted octanol–water partition coefficient (Wildman–Crippen LogP) is 3.41. The summed E-state index contributed by atoms with van der Waals surface area (Å²) in [5.41, 5.74) is 2.80. The van der Waals surface area contributed by atoms with Gasteiger partial charge in [-0.3, -0.25) is 14.8 Å². The number of aliphatic hydroxyl groups is 2. The molecule has 3 aromatic rings. The minimum atomic E-state index is -1.94. The lowest BCUT2D eigenvalue weighted by atomic mass is 9.86. The number of ether oxygens (including phenoxy) is 2. The van der Waals surface area contributed by atoms with Gasteiger partial charge in [-0.1, -0.05) is 31.9 Å². The number of cyclic esters (lactones) is 1. The van der Waals surface area contributed by atoms with Gasteiger partial charge in [0.2, 0.25) is 5.91 Å². The van der Waals surface area contributed by atoms with Crippen LogP contribution in [0.2, 0.25) is 0 Å². The van der Waals surface area contributed by atoms with Crippen LogP contribution < -0.4 is 21.1 Å². The molecule has 1 aromatic carbocycles. The molecule has 5 N–H and O–H groups in total. The summed E-state index contributed by atoms with van der Waals surface area (Å²) in [6.07, 6.45) is 6.06. The fourth-order valence-corrected chi connectivity index (χ4v) is 5.88. The summed E-state index contributed by atoms with van der Waals surface area (Å²) in [6, 6.07) is 6.70. The number of nitrogens with zero attached hydrogens (tertiary/aromatic N) is 2. The molecule has 13 heteroatoms. The SMILES string of the molecule is CC[C@@]1(O)C(=O)OCc2c1cc1n(c2=O)Cc2c-1nc1ccc(OC(=O)NCCCCCCC(=O)NO)cc1c2/C=C/CC(C)O. The summed E-state index contributed by atoms with van der Waals surface area (Å²) in [5.74, 6) is -0.924. The number of pyridine rings is 2. The lowest BCUT2D eigenvalue weighted by Crippen LogP contribution is -2.44. The topological polar surface area (TPSA) is 189 Å². The molecule has 2 aromatic heterocycles. The molecule has 244 valence electrons. The molecule has 13 nitrogen and oxygen atoms in total. The molecule has 2 amide bonds. The zero-order chi connectivity index (χ0) is 33.0. The van der Waals surface area contributed by atoms with Crippen LogP contribution in [0.15, 0.2) is 35.1 Å². The third-order valence-electron chi connectivity index (χ3n) is 8.40. The highest BCUT2D eigenvalue weighted by molar-refractivity contribution is 5.94. The van der Waals surface area contributed by atoms with Gasteiger partial charge in [-0.05, 0) is 62.4 Å². The van der Waals surface area contributed by atoms with Crippen LogP contribution in [0.25, 0.3) is 28.4 Å². The average molecular weight is 635 g/mol. The largest absolute Gasteiger partial charge is 0.458 e. The Morgan fingerprint density at radius 3 is 2.70 bits per heavy atom. The van der Waals surface area contributed by atoms with Crippen LogP contribution >= 0.6 is 0 Å². The van der Waals surface area contributed by atoms with Gasteiger partial charge in [0.25, 0.3) is 5.56 Å². The Morgan fingerprint density at radius 1 is 1.17 bits per heavy atom. The lowest BCUT2D eigenvalue weighted by Gasteiger charge is -2.31. The van der Waals surface area contributed by atoms with Crippen molar-refractivity contribution in [2.45, 2.75) is 83.6 Å². The standard InChI is InChI=1S/C33H38N4O9/c1-3-33(43)25-16-27-29-23(17-37(27)30(40)24(25)18-45-31(33)41)21(10-8-9-19(2)38)22-15-20(12-13-26(22)35-29)46-32(42)34-14-7-5-4-6-11-28(39)36-44/h8,10,12-13,15-16,19,38,43-44H,3-7,9,11,14,17-18H2,1-2H3,(H,34,42)(H,36,39)/b10-8+/t19?,33-/m0/s1. The summed E-state index contributed by atoms with van der Waals surface area (Å²) in [4.78, 5) is 54.7. The zero-order valence-corrected chi connectivity index (χ0v) is 25.8. The van der Waals surface area contributed by atoms with E-state index < -0.39 is 29.7 Å². The van der Waals surface area contributed by atoms with Crippen molar-refractivity contribution in [2.24, 2.45) is 0 Å². The van der Waals surface area contributed by atoms with Gasteiger partial charge < -0.3 is 29.6 Å². The molecule has 0 radical (unpaired) electrons. The maximum atomic E-state index is 13.7. The van der Waals surface area contributed by atoms with Crippen LogP contribution in [-0.2, 0) is 33.1 Å². The molecular formula is C33H38N4O9. The summed E-state index contributed by atoms with van der Waals surface area (Å²) >= 11 is 0. The number of hydroxylamine groups is 1. The Balaban J connectivity index is 1.42. The minimum absolute atomic E-state index is 0.0366. The van der Waals surface area contributed by atoms with Gasteiger partial charge in [0.15, 0.2) is 5.60 Å². The molecular weight excluding hydrogens is 596 g/mol. The number of nitrogens with one attached hydrogen (secondary N) is 2. The van der Waals surface area contributed by atoms with Gasteiger partial charge in [-0.15, -0.1) is 0 Å². The smallest absolute Gasteiger partial charge is 0.412 e. The number of unbranched alkanes of at least 4 members (excludes halogenated alkanes) is 3. The Labute approximate surface area is 264 Å². The van der Waals surface area contributed by atoms with Gasteiger partial charge >= 0.3 is 12.1 Å². The molecule has 4 heterocycles. The monoisotopic (exact) mass is 634 g/mol. The fourth-order valence-electron chi connectivity index (χ4n) is 5.88. The number of aromatic nitrogens is 2.